The lowest BCUT2D eigenvalue weighted by Crippen LogP contribution is -2.42. The van der Waals surface area contributed by atoms with E-state index in [-0.39, 0.29) is 23.7 Å². The molecule has 0 aliphatic carbocycles. The molecule has 28 heavy (non-hydrogen) atoms. The van der Waals surface area contributed by atoms with Crippen molar-refractivity contribution in [2.45, 2.75) is 25.9 Å². The molecular formula is C19H21N3O5S. The smallest absolute Gasteiger partial charge is 0.359 e. The van der Waals surface area contributed by atoms with Crippen LogP contribution < -0.4 is 0 Å². The molecule has 1 saturated heterocycles. The zero-order valence-electron chi connectivity index (χ0n) is 15.4. The number of rotatable bonds is 6. The lowest BCUT2D eigenvalue weighted by atomic mass is 10.1. The predicted octanol–water partition coefficient (Wildman–Crippen LogP) is 1.16. The molecule has 0 saturated carbocycles. The number of aryl methyl sites for hydroxylation is 1. The molecule has 0 spiro atoms. The van der Waals surface area contributed by atoms with Crippen molar-refractivity contribution in [2.24, 2.45) is 0 Å². The van der Waals surface area contributed by atoms with Crippen LogP contribution in [-0.4, -0.2) is 59.3 Å². The number of nitrogens with zero attached hydrogens (tertiary/aromatic N) is 3. The third kappa shape index (κ3) is 5.13. The molecule has 1 aliphatic rings. The van der Waals surface area contributed by atoms with E-state index < -0.39 is 34.4 Å². The van der Waals surface area contributed by atoms with Gasteiger partial charge in [-0.25, -0.2) is 18.2 Å². The number of aromatic nitrogens is 2. The van der Waals surface area contributed by atoms with E-state index in [0.29, 0.717) is 12.1 Å². The molecule has 1 fully saturated rings. The van der Waals surface area contributed by atoms with E-state index in [4.69, 9.17) is 4.74 Å². The van der Waals surface area contributed by atoms with E-state index in [2.05, 4.69) is 9.97 Å². The summed E-state index contributed by atoms with van der Waals surface area (Å²) in [6, 6.07) is 8.84. The maximum Gasteiger partial charge on any atom is 0.359 e. The van der Waals surface area contributed by atoms with Crippen molar-refractivity contribution in [1.82, 2.24) is 14.9 Å². The number of carbonyl (C=O) groups excluding carboxylic acids is 2. The highest BCUT2D eigenvalue weighted by Crippen LogP contribution is 2.20. The third-order valence-corrected chi connectivity index (χ3v) is 6.23. The molecule has 0 unspecified atom stereocenters. The summed E-state index contributed by atoms with van der Waals surface area (Å²) in [4.78, 5) is 34.2. The van der Waals surface area contributed by atoms with Crippen LogP contribution in [0, 0.1) is 6.92 Å². The Morgan fingerprint density at radius 2 is 1.93 bits per heavy atom. The van der Waals surface area contributed by atoms with Gasteiger partial charge in [0.15, 0.2) is 22.1 Å². The summed E-state index contributed by atoms with van der Waals surface area (Å²) >= 11 is 0. The first kappa shape index (κ1) is 19.9. The van der Waals surface area contributed by atoms with Crippen molar-refractivity contribution in [3.8, 4) is 0 Å². The Bertz CT molecular complexity index is 945. The van der Waals surface area contributed by atoms with Gasteiger partial charge in [0, 0.05) is 18.8 Å². The number of hydrogen-bond acceptors (Lipinski definition) is 7. The van der Waals surface area contributed by atoms with Crippen molar-refractivity contribution in [2.75, 3.05) is 18.1 Å². The van der Waals surface area contributed by atoms with Crippen molar-refractivity contribution in [3.63, 3.8) is 0 Å². The molecule has 1 aromatic carbocycles. The highest BCUT2D eigenvalue weighted by atomic mass is 32.2. The van der Waals surface area contributed by atoms with Gasteiger partial charge in [-0.05, 0) is 18.9 Å². The van der Waals surface area contributed by atoms with Gasteiger partial charge in [-0.2, -0.15) is 0 Å². The minimum absolute atomic E-state index is 0.0106. The largest absolute Gasteiger partial charge is 0.451 e. The number of sulfone groups is 1. The topological polar surface area (TPSA) is 107 Å². The maximum atomic E-state index is 12.8. The lowest BCUT2D eigenvalue weighted by molar-refractivity contribution is -0.137. The maximum absolute atomic E-state index is 12.8. The fourth-order valence-electron chi connectivity index (χ4n) is 3.00. The average Bonchev–Trinajstić information content (AvgIpc) is 3.04. The van der Waals surface area contributed by atoms with Gasteiger partial charge < -0.3 is 9.64 Å². The molecule has 2 aromatic rings. The van der Waals surface area contributed by atoms with Crippen molar-refractivity contribution >= 4 is 21.7 Å². The van der Waals surface area contributed by atoms with Crippen molar-refractivity contribution in [1.29, 1.82) is 0 Å². The molecule has 1 aromatic heterocycles. The average molecular weight is 403 g/mol. The summed E-state index contributed by atoms with van der Waals surface area (Å²) in [6.07, 6.45) is 3.09. The standard InChI is InChI=1S/C19H21N3O5S/c1-14-9-21-17(10-20-14)19(24)27-12-18(23)22(11-15-5-3-2-4-6-15)16-7-8-28(25,26)13-16/h2-6,9-10,16H,7-8,11-13H2,1H3/t16-/m0/s1. The molecule has 0 bridgehead atoms. The Morgan fingerprint density at radius 3 is 2.54 bits per heavy atom. The van der Waals surface area contributed by atoms with Gasteiger partial charge in [0.1, 0.15) is 0 Å². The number of hydrogen-bond donors (Lipinski definition) is 0. The summed E-state index contributed by atoms with van der Waals surface area (Å²) in [5.41, 5.74) is 1.54. The van der Waals surface area contributed by atoms with Crippen molar-refractivity contribution in [3.05, 3.63) is 59.7 Å². The van der Waals surface area contributed by atoms with Gasteiger partial charge in [0.2, 0.25) is 0 Å². The van der Waals surface area contributed by atoms with E-state index in [1.807, 2.05) is 30.3 Å². The highest BCUT2D eigenvalue weighted by molar-refractivity contribution is 7.91. The second-order valence-corrected chi connectivity index (χ2v) is 8.91. The van der Waals surface area contributed by atoms with Gasteiger partial charge in [-0.3, -0.25) is 9.78 Å². The van der Waals surface area contributed by atoms with Crippen LogP contribution in [0.3, 0.4) is 0 Å². The molecular weight excluding hydrogens is 382 g/mol. The fraction of sp³-hybridized carbons (Fsp3) is 0.368. The zero-order chi connectivity index (χ0) is 20.1. The van der Waals surface area contributed by atoms with Gasteiger partial charge in [0.25, 0.3) is 5.91 Å². The Hall–Kier alpha value is -2.81. The highest BCUT2D eigenvalue weighted by Gasteiger charge is 2.35. The van der Waals surface area contributed by atoms with Crippen LogP contribution in [0.2, 0.25) is 0 Å². The zero-order valence-corrected chi connectivity index (χ0v) is 16.3. The van der Waals surface area contributed by atoms with Crippen LogP contribution in [0.15, 0.2) is 42.7 Å². The van der Waals surface area contributed by atoms with Crippen molar-refractivity contribution < 1.29 is 22.7 Å². The van der Waals surface area contributed by atoms with E-state index in [9.17, 15) is 18.0 Å². The number of esters is 1. The van der Waals surface area contributed by atoms with E-state index in [1.165, 1.54) is 17.3 Å². The summed E-state index contributed by atoms with van der Waals surface area (Å²) in [7, 11) is -3.16. The van der Waals surface area contributed by atoms with Crippen LogP contribution >= 0.6 is 0 Å². The molecule has 1 atom stereocenters. The first-order valence-corrected chi connectivity index (χ1v) is 10.7. The first-order chi connectivity index (χ1) is 13.3. The molecule has 8 nitrogen and oxygen atoms in total. The van der Waals surface area contributed by atoms with E-state index in [0.717, 1.165) is 5.56 Å². The first-order valence-electron chi connectivity index (χ1n) is 8.84. The second kappa shape index (κ2) is 8.47. The predicted molar refractivity (Wildman–Crippen MR) is 101 cm³/mol. The molecule has 1 amide bonds. The number of carbonyl (C=O) groups is 2. The van der Waals surface area contributed by atoms with Crippen LogP contribution in [-0.2, 0) is 25.9 Å². The molecule has 0 radical (unpaired) electrons. The van der Waals surface area contributed by atoms with Gasteiger partial charge in [-0.15, -0.1) is 0 Å². The number of benzene rings is 1. The molecule has 148 valence electrons. The monoisotopic (exact) mass is 403 g/mol. The van der Waals surface area contributed by atoms with Crippen LogP contribution in [0.5, 0.6) is 0 Å². The van der Waals surface area contributed by atoms with E-state index in [1.54, 1.807) is 6.92 Å². The second-order valence-electron chi connectivity index (χ2n) is 6.68. The summed E-state index contributed by atoms with van der Waals surface area (Å²) in [6.45, 7) is 1.50. The number of ether oxygens (including phenoxy) is 1. The summed E-state index contributed by atoms with van der Waals surface area (Å²) < 4.78 is 28.8. The minimum Gasteiger partial charge on any atom is -0.451 e. The van der Waals surface area contributed by atoms with Gasteiger partial charge in [0.05, 0.1) is 23.4 Å². The van der Waals surface area contributed by atoms with Gasteiger partial charge >= 0.3 is 5.97 Å². The van der Waals surface area contributed by atoms with E-state index >= 15 is 0 Å². The molecule has 2 heterocycles. The van der Waals surface area contributed by atoms with Gasteiger partial charge in [-0.1, -0.05) is 30.3 Å². The third-order valence-electron chi connectivity index (χ3n) is 4.48. The molecule has 3 rings (SSSR count). The van der Waals surface area contributed by atoms with Crippen LogP contribution in [0.4, 0.5) is 0 Å². The molecule has 9 heteroatoms. The lowest BCUT2D eigenvalue weighted by Gasteiger charge is -2.28. The van der Waals surface area contributed by atoms with Crippen LogP contribution in [0.25, 0.3) is 0 Å². The summed E-state index contributed by atoms with van der Waals surface area (Å²) in [5, 5.41) is 0. The Labute approximate surface area is 163 Å². The number of amides is 1. The van der Waals surface area contributed by atoms with Crippen LogP contribution in [0.1, 0.15) is 28.2 Å². The Morgan fingerprint density at radius 1 is 1.18 bits per heavy atom. The Balaban J connectivity index is 1.69. The fourth-order valence-corrected chi connectivity index (χ4v) is 4.74. The normalized spacial score (nSPS) is 17.8. The quantitative estimate of drug-likeness (QED) is 0.666. The summed E-state index contributed by atoms with van der Waals surface area (Å²) in [5.74, 6) is -1.23. The Kier molecular flexibility index (Phi) is 6.03. The molecule has 1 aliphatic heterocycles. The SMILES string of the molecule is Cc1cnc(C(=O)OCC(=O)N(Cc2ccccc2)[C@H]2CCS(=O)(=O)C2)cn1. The minimum atomic E-state index is -3.16. The molecule has 0 N–H and O–H groups in total.